The second-order valence-electron chi connectivity index (χ2n) is 5.89. The Morgan fingerprint density at radius 3 is 3.00 bits per heavy atom. The summed E-state index contributed by atoms with van der Waals surface area (Å²) in [6.07, 6.45) is 4.32. The Balaban J connectivity index is 1.76. The molecule has 22 heavy (non-hydrogen) atoms. The fourth-order valence-electron chi connectivity index (χ4n) is 2.47. The van der Waals surface area contributed by atoms with Crippen LogP contribution in [0.4, 0.5) is 5.82 Å². The highest BCUT2D eigenvalue weighted by atomic mass is 16.5. The van der Waals surface area contributed by atoms with E-state index in [2.05, 4.69) is 10.4 Å². The van der Waals surface area contributed by atoms with Gasteiger partial charge in [-0.25, -0.2) is 4.68 Å². The molecule has 5 nitrogen and oxygen atoms in total. The molecule has 1 fully saturated rings. The number of carbonyl (C=O) groups excluding carboxylic acids is 1. The van der Waals surface area contributed by atoms with Gasteiger partial charge in [-0.2, -0.15) is 5.10 Å². The van der Waals surface area contributed by atoms with Gasteiger partial charge >= 0.3 is 0 Å². The topological polar surface area (TPSA) is 56.1 Å². The van der Waals surface area contributed by atoms with Crippen molar-refractivity contribution in [3.8, 4) is 0 Å². The van der Waals surface area contributed by atoms with E-state index in [9.17, 15) is 4.79 Å². The average molecular weight is 299 g/mol. The van der Waals surface area contributed by atoms with Crippen molar-refractivity contribution in [3.05, 3.63) is 47.2 Å². The van der Waals surface area contributed by atoms with E-state index >= 15 is 0 Å². The van der Waals surface area contributed by atoms with Crippen LogP contribution in [0.2, 0.25) is 0 Å². The summed E-state index contributed by atoms with van der Waals surface area (Å²) in [6, 6.07) is 7.49. The zero-order valence-corrected chi connectivity index (χ0v) is 13.0. The van der Waals surface area contributed by atoms with Crippen molar-refractivity contribution in [2.45, 2.75) is 32.9 Å². The first-order valence-electron chi connectivity index (χ1n) is 7.59. The lowest BCUT2D eigenvalue weighted by Gasteiger charge is -2.10. The first-order chi connectivity index (χ1) is 10.7. The van der Waals surface area contributed by atoms with Gasteiger partial charge in [0.1, 0.15) is 5.82 Å². The van der Waals surface area contributed by atoms with Crippen LogP contribution in [0.25, 0.3) is 0 Å². The maximum Gasteiger partial charge on any atom is 0.256 e. The van der Waals surface area contributed by atoms with Crippen LogP contribution in [0.15, 0.2) is 30.5 Å². The number of carbonyl (C=O) groups is 1. The Morgan fingerprint density at radius 1 is 1.45 bits per heavy atom. The molecule has 0 aliphatic heterocycles. The maximum atomic E-state index is 12.5. The Labute approximate surface area is 130 Å². The molecule has 1 aromatic heterocycles. The first-order valence-corrected chi connectivity index (χ1v) is 7.59. The molecular formula is C17H21N3O2. The molecule has 116 valence electrons. The number of aromatic nitrogens is 2. The Morgan fingerprint density at radius 2 is 2.27 bits per heavy atom. The highest BCUT2D eigenvalue weighted by molar-refractivity contribution is 6.04. The van der Waals surface area contributed by atoms with E-state index in [1.165, 1.54) is 12.8 Å². The number of amides is 1. The molecule has 0 unspecified atom stereocenters. The lowest BCUT2D eigenvalue weighted by atomic mass is 10.1. The van der Waals surface area contributed by atoms with E-state index in [0.717, 1.165) is 23.5 Å². The molecule has 1 N–H and O–H groups in total. The van der Waals surface area contributed by atoms with E-state index in [0.29, 0.717) is 18.1 Å². The Bertz CT molecular complexity index is 674. The Hall–Kier alpha value is -2.14. The lowest BCUT2D eigenvalue weighted by molar-refractivity contribution is 0.102. The number of benzene rings is 1. The Kier molecular flexibility index (Phi) is 4.24. The molecule has 1 amide bonds. The van der Waals surface area contributed by atoms with Crippen molar-refractivity contribution < 1.29 is 9.53 Å². The summed E-state index contributed by atoms with van der Waals surface area (Å²) in [5.41, 5.74) is 2.61. The summed E-state index contributed by atoms with van der Waals surface area (Å²) in [6.45, 7) is 3.35. The van der Waals surface area contributed by atoms with Crippen molar-refractivity contribution in [2.24, 2.45) is 5.92 Å². The quantitative estimate of drug-likeness (QED) is 0.892. The van der Waals surface area contributed by atoms with Gasteiger partial charge in [-0.15, -0.1) is 0 Å². The van der Waals surface area contributed by atoms with Gasteiger partial charge < -0.3 is 10.1 Å². The number of hydrogen-bond acceptors (Lipinski definition) is 3. The molecule has 1 saturated carbocycles. The van der Waals surface area contributed by atoms with Crippen molar-refractivity contribution in [1.29, 1.82) is 0 Å². The van der Waals surface area contributed by atoms with Crippen LogP contribution >= 0.6 is 0 Å². The van der Waals surface area contributed by atoms with Crippen molar-refractivity contribution in [2.75, 3.05) is 12.4 Å². The van der Waals surface area contributed by atoms with Crippen LogP contribution in [0, 0.1) is 12.8 Å². The van der Waals surface area contributed by atoms with E-state index in [4.69, 9.17) is 4.74 Å². The van der Waals surface area contributed by atoms with Gasteiger partial charge in [-0.05, 0) is 43.4 Å². The highest BCUT2D eigenvalue weighted by Gasteiger charge is 2.24. The van der Waals surface area contributed by atoms with Gasteiger partial charge in [-0.3, -0.25) is 4.79 Å². The normalized spacial score (nSPS) is 14.1. The smallest absolute Gasteiger partial charge is 0.256 e. The molecule has 1 heterocycles. The van der Waals surface area contributed by atoms with Crippen molar-refractivity contribution in [3.63, 3.8) is 0 Å². The molecule has 1 aliphatic rings. The van der Waals surface area contributed by atoms with Gasteiger partial charge in [0.05, 0.1) is 12.8 Å². The lowest BCUT2D eigenvalue weighted by Crippen LogP contribution is -2.17. The fraction of sp³-hybridized carbons (Fsp3) is 0.412. The number of hydrogen-bond donors (Lipinski definition) is 1. The SMILES string of the molecule is COCc1cccc(C(=O)Nc2c(C)cnn2CC2CC2)c1. The third-order valence-electron chi connectivity index (χ3n) is 3.88. The number of methoxy groups -OCH3 is 1. The minimum atomic E-state index is -0.112. The zero-order valence-electron chi connectivity index (χ0n) is 13.0. The van der Waals surface area contributed by atoms with Crippen LogP contribution in [-0.2, 0) is 17.9 Å². The molecule has 0 saturated heterocycles. The van der Waals surface area contributed by atoms with Crippen LogP contribution in [0.1, 0.15) is 34.3 Å². The van der Waals surface area contributed by atoms with Gasteiger partial charge in [0.25, 0.3) is 5.91 Å². The zero-order chi connectivity index (χ0) is 15.5. The largest absolute Gasteiger partial charge is 0.380 e. The third kappa shape index (κ3) is 3.36. The molecule has 3 rings (SSSR count). The third-order valence-corrected chi connectivity index (χ3v) is 3.88. The number of ether oxygens (including phenoxy) is 1. The van der Waals surface area contributed by atoms with Gasteiger partial charge in [0.2, 0.25) is 0 Å². The second kappa shape index (κ2) is 6.32. The molecule has 0 spiro atoms. The summed E-state index contributed by atoms with van der Waals surface area (Å²) >= 11 is 0. The number of aryl methyl sites for hydroxylation is 1. The minimum absolute atomic E-state index is 0.112. The number of nitrogens with zero attached hydrogens (tertiary/aromatic N) is 2. The number of nitrogens with one attached hydrogen (secondary N) is 1. The van der Waals surface area contributed by atoms with E-state index < -0.39 is 0 Å². The van der Waals surface area contributed by atoms with Crippen molar-refractivity contribution in [1.82, 2.24) is 9.78 Å². The molecule has 0 bridgehead atoms. The van der Waals surface area contributed by atoms with E-state index in [1.807, 2.05) is 35.9 Å². The summed E-state index contributed by atoms with van der Waals surface area (Å²) in [4.78, 5) is 12.5. The maximum absolute atomic E-state index is 12.5. The first kappa shape index (κ1) is 14.8. The summed E-state index contributed by atoms with van der Waals surface area (Å²) < 4.78 is 7.02. The standard InChI is InChI=1S/C17H21N3O2/c1-12-9-18-20(10-13-6-7-13)16(12)19-17(21)15-5-3-4-14(8-15)11-22-2/h3-5,8-9,13H,6-7,10-11H2,1-2H3,(H,19,21). The number of rotatable bonds is 6. The van der Waals surface area contributed by atoms with Crippen LogP contribution in [0.3, 0.4) is 0 Å². The predicted octanol–water partition coefficient (Wildman–Crippen LogP) is 3.00. The van der Waals surface area contributed by atoms with Crippen LogP contribution in [-0.4, -0.2) is 22.8 Å². The highest BCUT2D eigenvalue weighted by Crippen LogP contribution is 2.32. The molecule has 0 radical (unpaired) electrons. The molecule has 1 aliphatic carbocycles. The van der Waals surface area contributed by atoms with Gasteiger partial charge in [0, 0.05) is 24.8 Å². The van der Waals surface area contributed by atoms with E-state index in [-0.39, 0.29) is 5.91 Å². The predicted molar refractivity (Wildman–Crippen MR) is 84.8 cm³/mol. The molecule has 5 heteroatoms. The molecular weight excluding hydrogens is 278 g/mol. The van der Waals surface area contributed by atoms with Gasteiger partial charge in [-0.1, -0.05) is 12.1 Å². The fourth-order valence-corrected chi connectivity index (χ4v) is 2.47. The summed E-state index contributed by atoms with van der Waals surface area (Å²) in [7, 11) is 1.65. The monoisotopic (exact) mass is 299 g/mol. The van der Waals surface area contributed by atoms with Crippen molar-refractivity contribution >= 4 is 11.7 Å². The van der Waals surface area contributed by atoms with Crippen LogP contribution < -0.4 is 5.32 Å². The molecule has 2 aromatic rings. The number of anilines is 1. The second-order valence-corrected chi connectivity index (χ2v) is 5.89. The summed E-state index contributed by atoms with van der Waals surface area (Å²) in [5, 5.41) is 7.37. The summed E-state index contributed by atoms with van der Waals surface area (Å²) in [5.74, 6) is 1.40. The van der Waals surface area contributed by atoms with E-state index in [1.54, 1.807) is 13.3 Å². The molecule has 1 aromatic carbocycles. The van der Waals surface area contributed by atoms with Crippen LogP contribution in [0.5, 0.6) is 0 Å². The molecule has 0 atom stereocenters. The van der Waals surface area contributed by atoms with Gasteiger partial charge in [0.15, 0.2) is 0 Å². The average Bonchev–Trinajstić information content (AvgIpc) is 3.27. The minimum Gasteiger partial charge on any atom is -0.380 e.